The highest BCUT2D eigenvalue weighted by Crippen LogP contribution is 2.42. The summed E-state index contributed by atoms with van der Waals surface area (Å²) in [5.41, 5.74) is 1.71. The molecule has 3 aromatic rings. The SMILES string of the molecule is COc1cc(-c2nc3ncccn3c2NC2CCCCC2)cc(OC)c1OC. The van der Waals surface area contributed by atoms with E-state index in [0.29, 0.717) is 29.1 Å². The summed E-state index contributed by atoms with van der Waals surface area (Å²) in [6.07, 6.45) is 9.91. The fraction of sp³-hybridized carbons (Fsp3) is 0.429. The van der Waals surface area contributed by atoms with E-state index in [1.807, 2.05) is 28.8 Å². The fourth-order valence-corrected chi connectivity index (χ4v) is 3.88. The van der Waals surface area contributed by atoms with E-state index in [0.717, 1.165) is 17.1 Å². The molecule has 2 heterocycles. The van der Waals surface area contributed by atoms with Crippen LogP contribution in [0.15, 0.2) is 30.6 Å². The Balaban J connectivity index is 1.85. The number of anilines is 1. The zero-order valence-electron chi connectivity index (χ0n) is 16.6. The van der Waals surface area contributed by atoms with Crippen LogP contribution in [0, 0.1) is 0 Å². The maximum atomic E-state index is 5.53. The molecular formula is C21H26N4O3. The van der Waals surface area contributed by atoms with Gasteiger partial charge in [0.05, 0.1) is 21.3 Å². The standard InChI is InChI=1S/C21H26N4O3/c1-26-16-12-14(13-17(27-2)19(16)28-3)18-20(23-15-8-5-4-6-9-15)25-11-7-10-22-21(25)24-18/h7,10-13,15,23H,4-6,8-9H2,1-3H3. The number of methoxy groups -OCH3 is 3. The molecule has 0 spiro atoms. The smallest absolute Gasteiger partial charge is 0.235 e. The molecule has 0 bridgehead atoms. The lowest BCUT2D eigenvalue weighted by molar-refractivity contribution is 0.324. The molecule has 0 unspecified atom stereocenters. The summed E-state index contributed by atoms with van der Waals surface area (Å²) in [5.74, 6) is 3.38. The van der Waals surface area contributed by atoms with E-state index in [1.54, 1.807) is 27.5 Å². The highest BCUT2D eigenvalue weighted by atomic mass is 16.5. The van der Waals surface area contributed by atoms with Gasteiger partial charge in [0.2, 0.25) is 11.5 Å². The number of ether oxygens (including phenoxy) is 3. The second-order valence-corrected chi connectivity index (χ2v) is 6.99. The Morgan fingerprint density at radius 3 is 2.36 bits per heavy atom. The Kier molecular flexibility index (Phi) is 5.23. The zero-order valence-corrected chi connectivity index (χ0v) is 16.6. The van der Waals surface area contributed by atoms with Gasteiger partial charge in [0, 0.05) is 24.0 Å². The van der Waals surface area contributed by atoms with Crippen molar-refractivity contribution in [2.75, 3.05) is 26.6 Å². The minimum atomic E-state index is 0.439. The van der Waals surface area contributed by atoms with Crippen LogP contribution in [0.25, 0.3) is 17.0 Å². The summed E-state index contributed by atoms with van der Waals surface area (Å²) in [5, 5.41) is 3.72. The lowest BCUT2D eigenvalue weighted by Gasteiger charge is -2.24. The average Bonchev–Trinajstić information content (AvgIpc) is 3.11. The van der Waals surface area contributed by atoms with Crippen LogP contribution in [-0.2, 0) is 0 Å². The molecule has 28 heavy (non-hydrogen) atoms. The molecule has 1 aliphatic carbocycles. The first-order valence-corrected chi connectivity index (χ1v) is 9.65. The van der Waals surface area contributed by atoms with Gasteiger partial charge in [-0.25, -0.2) is 9.97 Å². The van der Waals surface area contributed by atoms with E-state index in [9.17, 15) is 0 Å². The van der Waals surface area contributed by atoms with Crippen LogP contribution in [0.2, 0.25) is 0 Å². The molecule has 0 aliphatic heterocycles. The number of rotatable bonds is 6. The second-order valence-electron chi connectivity index (χ2n) is 6.99. The molecular weight excluding hydrogens is 356 g/mol. The molecule has 1 N–H and O–H groups in total. The summed E-state index contributed by atoms with van der Waals surface area (Å²) in [4.78, 5) is 9.22. The molecule has 0 amide bonds. The van der Waals surface area contributed by atoms with Crippen LogP contribution in [0.3, 0.4) is 0 Å². The summed E-state index contributed by atoms with van der Waals surface area (Å²) in [7, 11) is 4.84. The van der Waals surface area contributed by atoms with Gasteiger partial charge in [0.1, 0.15) is 11.5 Å². The topological polar surface area (TPSA) is 69.9 Å². The third-order valence-corrected chi connectivity index (χ3v) is 5.29. The van der Waals surface area contributed by atoms with Gasteiger partial charge in [-0.15, -0.1) is 0 Å². The van der Waals surface area contributed by atoms with Gasteiger partial charge in [0.15, 0.2) is 11.5 Å². The molecule has 1 fully saturated rings. The zero-order chi connectivity index (χ0) is 19.5. The number of nitrogens with zero attached hydrogens (tertiary/aromatic N) is 3. The van der Waals surface area contributed by atoms with Crippen molar-refractivity contribution in [3.8, 4) is 28.5 Å². The molecule has 148 valence electrons. The normalized spacial score (nSPS) is 14.8. The second kappa shape index (κ2) is 7.96. The van der Waals surface area contributed by atoms with Gasteiger partial charge in [0.25, 0.3) is 0 Å². The molecule has 1 aliphatic rings. The van der Waals surface area contributed by atoms with Gasteiger partial charge in [-0.05, 0) is 31.0 Å². The highest BCUT2D eigenvalue weighted by molar-refractivity contribution is 5.79. The van der Waals surface area contributed by atoms with Crippen molar-refractivity contribution in [1.29, 1.82) is 0 Å². The van der Waals surface area contributed by atoms with Crippen molar-refractivity contribution < 1.29 is 14.2 Å². The molecule has 1 aromatic carbocycles. The number of benzene rings is 1. The molecule has 7 nitrogen and oxygen atoms in total. The van der Waals surface area contributed by atoms with Gasteiger partial charge < -0.3 is 19.5 Å². The number of hydrogen-bond donors (Lipinski definition) is 1. The predicted molar refractivity (Wildman–Crippen MR) is 109 cm³/mol. The fourth-order valence-electron chi connectivity index (χ4n) is 3.88. The number of imidazole rings is 1. The van der Waals surface area contributed by atoms with Gasteiger partial charge in [-0.2, -0.15) is 0 Å². The minimum Gasteiger partial charge on any atom is -0.493 e. The van der Waals surface area contributed by atoms with Crippen LogP contribution in [0.1, 0.15) is 32.1 Å². The monoisotopic (exact) mass is 382 g/mol. The Labute approximate surface area is 164 Å². The summed E-state index contributed by atoms with van der Waals surface area (Å²) >= 11 is 0. The van der Waals surface area contributed by atoms with Crippen LogP contribution in [0.4, 0.5) is 5.82 Å². The molecule has 1 saturated carbocycles. The van der Waals surface area contributed by atoms with E-state index in [-0.39, 0.29) is 0 Å². The number of hydrogen-bond acceptors (Lipinski definition) is 6. The third kappa shape index (κ3) is 3.32. The van der Waals surface area contributed by atoms with E-state index in [2.05, 4.69) is 10.3 Å². The van der Waals surface area contributed by atoms with Crippen molar-refractivity contribution in [2.24, 2.45) is 0 Å². The molecule has 0 radical (unpaired) electrons. The summed E-state index contributed by atoms with van der Waals surface area (Å²) in [6, 6.07) is 6.21. The van der Waals surface area contributed by atoms with E-state index >= 15 is 0 Å². The van der Waals surface area contributed by atoms with E-state index in [1.165, 1.54) is 32.1 Å². The quantitative estimate of drug-likeness (QED) is 0.690. The van der Waals surface area contributed by atoms with Crippen molar-refractivity contribution in [2.45, 2.75) is 38.1 Å². The molecule has 7 heteroatoms. The maximum absolute atomic E-state index is 5.53. The summed E-state index contributed by atoms with van der Waals surface area (Å²) in [6.45, 7) is 0. The first kappa shape index (κ1) is 18.4. The van der Waals surface area contributed by atoms with Crippen LogP contribution in [0.5, 0.6) is 17.2 Å². The average molecular weight is 382 g/mol. The first-order valence-electron chi connectivity index (χ1n) is 9.65. The van der Waals surface area contributed by atoms with Crippen LogP contribution in [-0.4, -0.2) is 41.7 Å². The van der Waals surface area contributed by atoms with Gasteiger partial charge in [-0.3, -0.25) is 4.40 Å². The largest absolute Gasteiger partial charge is 0.493 e. The number of fused-ring (bicyclic) bond motifs is 1. The van der Waals surface area contributed by atoms with Gasteiger partial charge >= 0.3 is 0 Å². The van der Waals surface area contributed by atoms with Crippen LogP contribution >= 0.6 is 0 Å². The van der Waals surface area contributed by atoms with E-state index < -0.39 is 0 Å². The van der Waals surface area contributed by atoms with Crippen LogP contribution < -0.4 is 19.5 Å². The van der Waals surface area contributed by atoms with E-state index in [4.69, 9.17) is 19.2 Å². The first-order chi connectivity index (χ1) is 13.7. The predicted octanol–water partition coefficient (Wildman–Crippen LogP) is 4.17. The highest BCUT2D eigenvalue weighted by Gasteiger charge is 2.22. The lowest BCUT2D eigenvalue weighted by Crippen LogP contribution is -2.23. The Morgan fingerprint density at radius 2 is 1.71 bits per heavy atom. The molecule has 4 rings (SSSR count). The van der Waals surface area contributed by atoms with Crippen molar-refractivity contribution in [3.63, 3.8) is 0 Å². The maximum Gasteiger partial charge on any atom is 0.235 e. The Hall–Kier alpha value is -2.96. The van der Waals surface area contributed by atoms with Gasteiger partial charge in [-0.1, -0.05) is 19.3 Å². The molecule has 0 atom stereocenters. The van der Waals surface area contributed by atoms with Crippen molar-refractivity contribution in [3.05, 3.63) is 30.6 Å². The van der Waals surface area contributed by atoms with Crippen molar-refractivity contribution in [1.82, 2.24) is 14.4 Å². The third-order valence-electron chi connectivity index (χ3n) is 5.29. The lowest BCUT2D eigenvalue weighted by atomic mass is 9.95. The number of aromatic nitrogens is 3. The summed E-state index contributed by atoms with van der Waals surface area (Å²) < 4.78 is 18.5. The Morgan fingerprint density at radius 1 is 1.00 bits per heavy atom. The van der Waals surface area contributed by atoms with Crippen molar-refractivity contribution >= 4 is 11.6 Å². The number of nitrogens with one attached hydrogen (secondary N) is 1. The molecule has 2 aromatic heterocycles. The minimum absolute atomic E-state index is 0.439. The molecule has 0 saturated heterocycles. The Bertz CT molecular complexity index is 938.